The van der Waals surface area contributed by atoms with Gasteiger partial charge in [0, 0.05) is 70.9 Å². The second-order valence-electron chi connectivity index (χ2n) is 9.89. The van der Waals surface area contributed by atoms with Gasteiger partial charge in [-0.2, -0.15) is 0 Å². The van der Waals surface area contributed by atoms with Crippen molar-refractivity contribution in [2.75, 3.05) is 52.4 Å². The normalized spacial score (nSPS) is 25.7. The molecule has 166 valence electrons. The predicted octanol–water partition coefficient (Wildman–Crippen LogP) is 2.82. The molecule has 4 rings (SSSR count). The number of likely N-dealkylation sites (tertiary alicyclic amines) is 1. The molecule has 6 heteroatoms. The minimum atomic E-state index is -0.0429. The lowest BCUT2D eigenvalue weighted by molar-refractivity contribution is -0.132. The van der Waals surface area contributed by atoms with Crippen molar-refractivity contribution in [3.8, 4) is 0 Å². The minimum Gasteiger partial charge on any atom is -0.375 e. The Morgan fingerprint density at radius 3 is 2.60 bits per heavy atom. The Kier molecular flexibility index (Phi) is 6.75. The van der Waals surface area contributed by atoms with E-state index in [-0.39, 0.29) is 11.5 Å². The maximum absolute atomic E-state index is 12.9. The summed E-state index contributed by atoms with van der Waals surface area (Å²) in [6.45, 7) is 15.0. The van der Waals surface area contributed by atoms with Crippen LogP contribution in [0.1, 0.15) is 55.5 Å². The van der Waals surface area contributed by atoms with E-state index in [0.717, 1.165) is 62.4 Å². The van der Waals surface area contributed by atoms with Crippen molar-refractivity contribution in [2.24, 2.45) is 5.92 Å². The standard InChI is InChI=1S/C24H38N4O2/c1-19(2)18-26-11-13-27(14-12-26)21-5-15-30-24(16-21)6-9-28(10-7-24)23(29)22-17-25-8-4-20(22)3/h4,8,17,19,21H,5-7,9-16,18H2,1-3H3/t21-/m1/s1. The Labute approximate surface area is 181 Å². The molecular weight excluding hydrogens is 376 g/mol. The van der Waals surface area contributed by atoms with Crippen LogP contribution in [0, 0.1) is 12.8 Å². The van der Waals surface area contributed by atoms with E-state index in [1.54, 1.807) is 12.4 Å². The Hall–Kier alpha value is -1.50. The number of hydrogen-bond acceptors (Lipinski definition) is 5. The fraction of sp³-hybridized carbons (Fsp3) is 0.750. The van der Waals surface area contributed by atoms with Gasteiger partial charge >= 0.3 is 0 Å². The van der Waals surface area contributed by atoms with E-state index in [2.05, 4.69) is 28.6 Å². The van der Waals surface area contributed by atoms with Crippen molar-refractivity contribution in [3.05, 3.63) is 29.6 Å². The molecule has 0 aromatic carbocycles. The highest BCUT2D eigenvalue weighted by atomic mass is 16.5. The number of aryl methyl sites for hydroxylation is 1. The lowest BCUT2D eigenvalue weighted by atomic mass is 9.81. The first kappa shape index (κ1) is 21.7. The van der Waals surface area contributed by atoms with Crippen LogP contribution in [0.15, 0.2) is 18.5 Å². The molecule has 4 heterocycles. The summed E-state index contributed by atoms with van der Waals surface area (Å²) in [6.07, 6.45) is 7.60. The van der Waals surface area contributed by atoms with E-state index in [4.69, 9.17) is 4.74 Å². The van der Waals surface area contributed by atoms with Gasteiger partial charge in [0.05, 0.1) is 11.2 Å². The van der Waals surface area contributed by atoms with Gasteiger partial charge in [-0.25, -0.2) is 0 Å². The molecule has 1 aromatic heterocycles. The molecule has 1 spiro atoms. The van der Waals surface area contributed by atoms with Crippen molar-refractivity contribution in [1.82, 2.24) is 19.7 Å². The Balaban J connectivity index is 1.31. The maximum Gasteiger partial charge on any atom is 0.255 e. The summed E-state index contributed by atoms with van der Waals surface area (Å²) in [5.74, 6) is 0.857. The lowest BCUT2D eigenvalue weighted by Gasteiger charge is -2.49. The monoisotopic (exact) mass is 414 g/mol. The molecule has 3 saturated heterocycles. The first-order chi connectivity index (χ1) is 14.5. The third kappa shape index (κ3) is 4.87. The number of aromatic nitrogens is 1. The Morgan fingerprint density at radius 1 is 1.20 bits per heavy atom. The number of ether oxygens (including phenoxy) is 1. The summed E-state index contributed by atoms with van der Waals surface area (Å²) in [4.78, 5) is 24.4. The Bertz CT molecular complexity index is 722. The molecule has 0 unspecified atom stereocenters. The van der Waals surface area contributed by atoms with E-state index in [9.17, 15) is 4.79 Å². The fourth-order valence-corrected chi connectivity index (χ4v) is 5.47. The number of piperidine rings is 1. The molecule has 3 fully saturated rings. The van der Waals surface area contributed by atoms with E-state index in [0.29, 0.717) is 6.04 Å². The number of nitrogens with zero attached hydrogens (tertiary/aromatic N) is 4. The molecule has 3 aliphatic rings. The van der Waals surface area contributed by atoms with Gasteiger partial charge in [-0.3, -0.25) is 14.7 Å². The van der Waals surface area contributed by atoms with Gasteiger partial charge in [-0.05, 0) is 50.2 Å². The van der Waals surface area contributed by atoms with Crippen LogP contribution < -0.4 is 0 Å². The lowest BCUT2D eigenvalue weighted by Crippen LogP contribution is -2.57. The number of amides is 1. The zero-order valence-corrected chi connectivity index (χ0v) is 19.0. The van der Waals surface area contributed by atoms with Gasteiger partial charge in [-0.15, -0.1) is 0 Å². The van der Waals surface area contributed by atoms with E-state index in [1.165, 1.54) is 32.7 Å². The summed E-state index contributed by atoms with van der Waals surface area (Å²) in [6, 6.07) is 2.54. The number of carbonyl (C=O) groups excluding carboxylic acids is 1. The van der Waals surface area contributed by atoms with Gasteiger partial charge in [0.25, 0.3) is 5.91 Å². The average Bonchev–Trinajstić information content (AvgIpc) is 2.74. The maximum atomic E-state index is 12.9. The number of pyridine rings is 1. The van der Waals surface area contributed by atoms with Crippen molar-refractivity contribution < 1.29 is 9.53 Å². The van der Waals surface area contributed by atoms with E-state index in [1.807, 2.05) is 17.9 Å². The van der Waals surface area contributed by atoms with Crippen molar-refractivity contribution in [3.63, 3.8) is 0 Å². The van der Waals surface area contributed by atoms with Crippen molar-refractivity contribution in [1.29, 1.82) is 0 Å². The quantitative estimate of drug-likeness (QED) is 0.758. The summed E-state index contributed by atoms with van der Waals surface area (Å²) in [7, 11) is 0. The largest absolute Gasteiger partial charge is 0.375 e. The third-order valence-electron chi connectivity index (χ3n) is 7.24. The molecule has 1 aromatic rings. The van der Waals surface area contributed by atoms with Crippen LogP contribution >= 0.6 is 0 Å². The summed E-state index contributed by atoms with van der Waals surface area (Å²) in [5, 5.41) is 0. The van der Waals surface area contributed by atoms with Crippen LogP contribution in [0.5, 0.6) is 0 Å². The van der Waals surface area contributed by atoms with Crippen LogP contribution in [-0.4, -0.2) is 89.7 Å². The summed E-state index contributed by atoms with van der Waals surface area (Å²) < 4.78 is 6.37. The minimum absolute atomic E-state index is 0.0429. The first-order valence-electron chi connectivity index (χ1n) is 11.8. The number of hydrogen-bond donors (Lipinski definition) is 0. The molecule has 3 aliphatic heterocycles. The summed E-state index contributed by atoms with van der Waals surface area (Å²) in [5.41, 5.74) is 1.69. The topological polar surface area (TPSA) is 48.9 Å². The van der Waals surface area contributed by atoms with Crippen molar-refractivity contribution in [2.45, 2.75) is 58.1 Å². The Morgan fingerprint density at radius 2 is 1.93 bits per heavy atom. The van der Waals surface area contributed by atoms with Crippen molar-refractivity contribution >= 4 is 5.91 Å². The number of carbonyl (C=O) groups is 1. The highest BCUT2D eigenvalue weighted by Crippen LogP contribution is 2.37. The van der Waals surface area contributed by atoms with Gasteiger partial charge in [0.15, 0.2) is 0 Å². The molecule has 1 atom stereocenters. The van der Waals surface area contributed by atoms with Crippen LogP contribution in [0.25, 0.3) is 0 Å². The van der Waals surface area contributed by atoms with Gasteiger partial charge in [0.1, 0.15) is 0 Å². The molecule has 0 N–H and O–H groups in total. The smallest absolute Gasteiger partial charge is 0.255 e. The van der Waals surface area contributed by atoms with E-state index >= 15 is 0 Å². The fourth-order valence-electron chi connectivity index (χ4n) is 5.47. The van der Waals surface area contributed by atoms with Crippen LogP contribution in [0.4, 0.5) is 0 Å². The first-order valence-corrected chi connectivity index (χ1v) is 11.8. The summed E-state index contributed by atoms with van der Waals surface area (Å²) >= 11 is 0. The zero-order chi connectivity index (χ0) is 21.1. The van der Waals surface area contributed by atoms with Gasteiger partial charge < -0.3 is 14.5 Å². The second kappa shape index (κ2) is 9.33. The van der Waals surface area contributed by atoms with Crippen LogP contribution in [0.3, 0.4) is 0 Å². The zero-order valence-electron chi connectivity index (χ0n) is 19.0. The number of rotatable bonds is 4. The molecule has 1 amide bonds. The van der Waals surface area contributed by atoms with Gasteiger partial charge in [0.2, 0.25) is 0 Å². The number of piperazine rings is 1. The molecule has 0 bridgehead atoms. The average molecular weight is 415 g/mol. The highest BCUT2D eigenvalue weighted by Gasteiger charge is 2.43. The SMILES string of the molecule is Cc1ccncc1C(=O)N1CCC2(CC1)C[C@H](N1CCN(CC(C)C)CC1)CCO2. The predicted molar refractivity (Wildman–Crippen MR) is 119 cm³/mol. The molecule has 0 saturated carbocycles. The van der Waals surface area contributed by atoms with E-state index < -0.39 is 0 Å². The second-order valence-corrected chi connectivity index (χ2v) is 9.89. The molecular formula is C24H38N4O2. The van der Waals surface area contributed by atoms with Gasteiger partial charge in [-0.1, -0.05) is 13.8 Å². The molecule has 30 heavy (non-hydrogen) atoms. The molecule has 0 radical (unpaired) electrons. The highest BCUT2D eigenvalue weighted by molar-refractivity contribution is 5.95. The van der Waals surface area contributed by atoms with Crippen LogP contribution in [0.2, 0.25) is 0 Å². The third-order valence-corrected chi connectivity index (χ3v) is 7.24. The van der Waals surface area contributed by atoms with Crippen LogP contribution in [-0.2, 0) is 4.74 Å². The molecule has 0 aliphatic carbocycles. The molecule has 6 nitrogen and oxygen atoms in total.